The number of rotatable bonds is 6. The van der Waals surface area contributed by atoms with E-state index in [2.05, 4.69) is 20.8 Å². The van der Waals surface area contributed by atoms with Crippen molar-refractivity contribution in [3.05, 3.63) is 52.5 Å². The van der Waals surface area contributed by atoms with Gasteiger partial charge in [0.05, 0.1) is 20.3 Å². The van der Waals surface area contributed by atoms with Gasteiger partial charge in [0.15, 0.2) is 0 Å². The minimum Gasteiger partial charge on any atom is -0.495 e. The lowest BCUT2D eigenvalue weighted by molar-refractivity contribution is 0.122. The van der Waals surface area contributed by atoms with Crippen molar-refractivity contribution in [2.45, 2.75) is 11.4 Å². The van der Waals surface area contributed by atoms with Crippen LogP contribution in [0.1, 0.15) is 5.56 Å². The summed E-state index contributed by atoms with van der Waals surface area (Å²) in [6.07, 6.45) is 0. The van der Waals surface area contributed by atoms with Crippen molar-refractivity contribution in [1.82, 2.24) is 4.31 Å². The van der Waals surface area contributed by atoms with Gasteiger partial charge in [-0.05, 0) is 35.9 Å². The fourth-order valence-corrected chi connectivity index (χ4v) is 4.84. The summed E-state index contributed by atoms with van der Waals surface area (Å²) in [6, 6.07) is 12.9. The van der Waals surface area contributed by atoms with E-state index in [0.717, 1.165) is 37.6 Å². The zero-order valence-corrected chi connectivity index (χ0v) is 17.8. The highest BCUT2D eigenvalue weighted by Crippen LogP contribution is 2.30. The number of methoxy groups -OCH3 is 1. The molecule has 1 aliphatic heterocycles. The van der Waals surface area contributed by atoms with Crippen molar-refractivity contribution in [1.29, 1.82) is 0 Å². The molecule has 6 nitrogen and oxygen atoms in total. The summed E-state index contributed by atoms with van der Waals surface area (Å²) in [7, 11) is -0.642. The predicted octanol–water partition coefficient (Wildman–Crippen LogP) is 3.12. The Labute approximate surface area is 168 Å². The molecule has 0 N–H and O–H groups in total. The Morgan fingerprint density at radius 2 is 1.81 bits per heavy atom. The van der Waals surface area contributed by atoms with E-state index in [4.69, 9.17) is 9.47 Å². The van der Waals surface area contributed by atoms with Gasteiger partial charge in [-0.3, -0.25) is 0 Å². The maximum atomic E-state index is 13.0. The Kier molecular flexibility index (Phi) is 6.41. The molecule has 27 heavy (non-hydrogen) atoms. The lowest BCUT2D eigenvalue weighted by Gasteiger charge is -2.29. The van der Waals surface area contributed by atoms with Gasteiger partial charge in [-0.15, -0.1) is 0 Å². The third-order valence-electron chi connectivity index (χ3n) is 4.53. The normalized spacial score (nSPS) is 15.2. The monoisotopic (exact) mass is 454 g/mol. The molecular formula is C19H23BrN2O4S. The molecule has 146 valence electrons. The molecule has 0 aliphatic carbocycles. The first-order valence-electron chi connectivity index (χ1n) is 8.63. The van der Waals surface area contributed by atoms with E-state index in [1.54, 1.807) is 25.2 Å². The van der Waals surface area contributed by atoms with Crippen LogP contribution in [0, 0.1) is 0 Å². The lowest BCUT2D eigenvalue weighted by Crippen LogP contribution is -2.36. The van der Waals surface area contributed by atoms with E-state index in [1.165, 1.54) is 11.4 Å². The Hall–Kier alpha value is -1.61. The summed E-state index contributed by atoms with van der Waals surface area (Å²) in [5.41, 5.74) is 2.05. The van der Waals surface area contributed by atoms with Gasteiger partial charge in [0.1, 0.15) is 10.6 Å². The number of sulfonamides is 1. The fourth-order valence-electron chi connectivity index (χ4n) is 3.00. The van der Waals surface area contributed by atoms with Gasteiger partial charge in [0.2, 0.25) is 10.0 Å². The highest BCUT2D eigenvalue weighted by Gasteiger charge is 2.25. The Bertz CT molecular complexity index is 881. The van der Waals surface area contributed by atoms with Crippen molar-refractivity contribution in [2.75, 3.05) is 45.4 Å². The maximum Gasteiger partial charge on any atom is 0.246 e. The standard InChI is InChI=1S/C19H23BrN2O4S/c1-21(27(23,24)19-13-16(20)5-8-18(19)25-2)14-15-3-6-17(7-4-15)22-9-11-26-12-10-22/h3-8,13H,9-12,14H2,1-2H3. The Balaban J connectivity index is 1.76. The smallest absolute Gasteiger partial charge is 0.246 e. The summed E-state index contributed by atoms with van der Waals surface area (Å²) in [6.45, 7) is 3.49. The largest absolute Gasteiger partial charge is 0.495 e. The third kappa shape index (κ3) is 4.63. The van der Waals surface area contributed by atoms with Gasteiger partial charge in [-0.25, -0.2) is 8.42 Å². The Morgan fingerprint density at radius 3 is 2.44 bits per heavy atom. The second kappa shape index (κ2) is 8.60. The molecule has 1 saturated heterocycles. The molecule has 0 bridgehead atoms. The van der Waals surface area contributed by atoms with Crippen LogP contribution in [0.15, 0.2) is 51.8 Å². The molecule has 0 unspecified atom stereocenters. The average Bonchev–Trinajstić information content (AvgIpc) is 2.69. The minimum atomic E-state index is -3.68. The van der Waals surface area contributed by atoms with Crippen LogP contribution in [0.4, 0.5) is 5.69 Å². The van der Waals surface area contributed by atoms with Crippen molar-refractivity contribution >= 4 is 31.6 Å². The second-order valence-corrected chi connectivity index (χ2v) is 9.25. The zero-order valence-electron chi connectivity index (χ0n) is 15.4. The van der Waals surface area contributed by atoms with Crippen molar-refractivity contribution < 1.29 is 17.9 Å². The highest BCUT2D eigenvalue weighted by atomic mass is 79.9. The van der Waals surface area contributed by atoms with Crippen LogP contribution in [-0.2, 0) is 21.3 Å². The van der Waals surface area contributed by atoms with Gasteiger partial charge >= 0.3 is 0 Å². The van der Waals surface area contributed by atoms with Gasteiger partial charge in [0.25, 0.3) is 0 Å². The topological polar surface area (TPSA) is 59.1 Å². The van der Waals surface area contributed by atoms with E-state index in [-0.39, 0.29) is 11.4 Å². The highest BCUT2D eigenvalue weighted by molar-refractivity contribution is 9.10. The summed E-state index contributed by atoms with van der Waals surface area (Å²) in [5, 5.41) is 0. The number of hydrogen-bond donors (Lipinski definition) is 0. The molecule has 0 amide bonds. The van der Waals surface area contributed by atoms with E-state index < -0.39 is 10.0 Å². The molecule has 0 aromatic heterocycles. The summed E-state index contributed by atoms with van der Waals surface area (Å²) in [5.74, 6) is 0.327. The number of anilines is 1. The van der Waals surface area contributed by atoms with E-state index >= 15 is 0 Å². The predicted molar refractivity (Wildman–Crippen MR) is 109 cm³/mol. The molecule has 8 heteroatoms. The number of hydrogen-bond acceptors (Lipinski definition) is 5. The van der Waals surface area contributed by atoms with Crippen LogP contribution < -0.4 is 9.64 Å². The Morgan fingerprint density at radius 1 is 1.15 bits per heavy atom. The second-order valence-electron chi connectivity index (χ2n) is 6.32. The molecule has 1 heterocycles. The van der Waals surface area contributed by atoms with E-state index in [1.807, 2.05) is 24.3 Å². The quantitative estimate of drug-likeness (QED) is 0.670. The molecule has 2 aromatic rings. The van der Waals surface area contributed by atoms with Gasteiger partial charge in [-0.1, -0.05) is 28.1 Å². The van der Waals surface area contributed by atoms with E-state index in [9.17, 15) is 8.42 Å². The van der Waals surface area contributed by atoms with Gasteiger partial charge < -0.3 is 14.4 Å². The first kappa shape index (κ1) is 20.1. The lowest BCUT2D eigenvalue weighted by atomic mass is 10.2. The van der Waals surface area contributed by atoms with Crippen molar-refractivity contribution in [3.63, 3.8) is 0 Å². The van der Waals surface area contributed by atoms with Crippen LogP contribution in [-0.4, -0.2) is 53.2 Å². The molecule has 0 radical (unpaired) electrons. The molecule has 1 fully saturated rings. The number of nitrogens with zero attached hydrogens (tertiary/aromatic N) is 2. The van der Waals surface area contributed by atoms with Gasteiger partial charge in [-0.2, -0.15) is 4.31 Å². The average molecular weight is 455 g/mol. The van der Waals surface area contributed by atoms with Gasteiger partial charge in [0, 0.05) is 36.8 Å². The fraction of sp³-hybridized carbons (Fsp3) is 0.368. The number of halogens is 1. The first-order chi connectivity index (χ1) is 12.9. The van der Waals surface area contributed by atoms with Crippen LogP contribution >= 0.6 is 15.9 Å². The number of morpholine rings is 1. The third-order valence-corrected chi connectivity index (χ3v) is 6.85. The van der Waals surface area contributed by atoms with Crippen LogP contribution in [0.3, 0.4) is 0 Å². The van der Waals surface area contributed by atoms with E-state index in [0.29, 0.717) is 10.2 Å². The van der Waals surface area contributed by atoms with Crippen LogP contribution in [0.2, 0.25) is 0 Å². The zero-order chi connectivity index (χ0) is 19.4. The van der Waals surface area contributed by atoms with Crippen LogP contribution in [0.25, 0.3) is 0 Å². The summed E-state index contributed by atoms with van der Waals surface area (Å²) >= 11 is 3.33. The number of benzene rings is 2. The number of ether oxygens (including phenoxy) is 2. The molecule has 0 spiro atoms. The molecule has 3 rings (SSSR count). The molecule has 2 aromatic carbocycles. The molecule has 0 atom stereocenters. The van der Waals surface area contributed by atoms with Crippen molar-refractivity contribution in [2.24, 2.45) is 0 Å². The van der Waals surface area contributed by atoms with Crippen LogP contribution in [0.5, 0.6) is 5.75 Å². The SMILES string of the molecule is COc1ccc(Br)cc1S(=O)(=O)N(C)Cc1ccc(N2CCOCC2)cc1. The summed E-state index contributed by atoms with van der Waals surface area (Å²) < 4.78 is 38.6. The summed E-state index contributed by atoms with van der Waals surface area (Å²) in [4.78, 5) is 2.41. The maximum absolute atomic E-state index is 13.0. The molecule has 0 saturated carbocycles. The first-order valence-corrected chi connectivity index (χ1v) is 10.9. The molecular weight excluding hydrogens is 432 g/mol. The molecule has 1 aliphatic rings. The minimum absolute atomic E-state index is 0.145. The van der Waals surface area contributed by atoms with Crippen molar-refractivity contribution in [3.8, 4) is 5.75 Å².